The molecule has 0 fully saturated rings. The van der Waals surface area contributed by atoms with Crippen LogP contribution in [0, 0.1) is 0 Å². The summed E-state index contributed by atoms with van der Waals surface area (Å²) in [7, 11) is 0. The minimum Gasteiger partial charge on any atom is -0.848 e. The van der Waals surface area contributed by atoms with Gasteiger partial charge in [-0.05, 0) is 13.3 Å². The summed E-state index contributed by atoms with van der Waals surface area (Å²) in [5.41, 5.74) is 0.688. The number of benzene rings is 1. The smallest absolute Gasteiger partial charge is 0.129 e. The number of hydrogen-bond acceptors (Lipinski definition) is 2. The van der Waals surface area contributed by atoms with Gasteiger partial charge in [-0.25, -0.2) is 0 Å². The van der Waals surface area contributed by atoms with E-state index >= 15 is 0 Å². The molecule has 0 amide bonds. The van der Waals surface area contributed by atoms with Crippen LogP contribution >= 0.6 is 0 Å². The maximum Gasteiger partial charge on any atom is 0.129 e. The van der Waals surface area contributed by atoms with Crippen LogP contribution in [0.5, 0.6) is 0 Å². The van der Waals surface area contributed by atoms with Crippen LogP contribution in [0.25, 0.3) is 0 Å². The predicted molar refractivity (Wildman–Crippen MR) is 44.5 cm³/mol. The van der Waals surface area contributed by atoms with Gasteiger partial charge in [0.2, 0.25) is 0 Å². The fourth-order valence-electron chi connectivity index (χ4n) is 1.05. The molecular weight excluding hydrogens is 152 g/mol. The molecule has 0 spiro atoms. The Morgan fingerprint density at radius 2 is 2.00 bits per heavy atom. The molecule has 0 heterocycles. The van der Waals surface area contributed by atoms with E-state index in [9.17, 15) is 9.90 Å². The van der Waals surface area contributed by atoms with Gasteiger partial charge in [-0.2, -0.15) is 0 Å². The highest BCUT2D eigenvalue weighted by Crippen LogP contribution is 2.12. The molecule has 1 aromatic carbocycles. The van der Waals surface area contributed by atoms with Crippen molar-refractivity contribution in [1.29, 1.82) is 0 Å². The van der Waals surface area contributed by atoms with Gasteiger partial charge in [-0.3, -0.25) is 0 Å². The van der Waals surface area contributed by atoms with Crippen molar-refractivity contribution in [3.8, 4) is 0 Å². The van der Waals surface area contributed by atoms with E-state index < -0.39 is 6.10 Å². The molecule has 1 unspecified atom stereocenters. The van der Waals surface area contributed by atoms with Gasteiger partial charge in [0.15, 0.2) is 0 Å². The number of Topliss-reactive ketones (excluding diaryl/α,β-unsaturated/α-hetero) is 1. The summed E-state index contributed by atoms with van der Waals surface area (Å²) < 4.78 is 0. The van der Waals surface area contributed by atoms with Gasteiger partial charge in [0.25, 0.3) is 0 Å². The van der Waals surface area contributed by atoms with Gasteiger partial charge in [0, 0.05) is 0 Å². The molecule has 0 radical (unpaired) electrons. The minimum atomic E-state index is -0.899. The van der Waals surface area contributed by atoms with Crippen molar-refractivity contribution in [1.82, 2.24) is 0 Å². The summed E-state index contributed by atoms with van der Waals surface area (Å²) in [6.07, 6.45) is -0.812. The molecule has 12 heavy (non-hydrogen) atoms. The lowest BCUT2D eigenvalue weighted by molar-refractivity contribution is -0.425. The molecule has 0 N–H and O–H groups in total. The van der Waals surface area contributed by atoms with E-state index in [-0.39, 0.29) is 12.2 Å². The van der Waals surface area contributed by atoms with Crippen LogP contribution < -0.4 is 5.11 Å². The van der Waals surface area contributed by atoms with Crippen LogP contribution in [-0.2, 0) is 4.79 Å². The Bertz CT molecular complexity index is 254. The monoisotopic (exact) mass is 163 g/mol. The van der Waals surface area contributed by atoms with Gasteiger partial charge >= 0.3 is 0 Å². The SMILES string of the molecule is CC(=O)CC([O-])c1ccccc1. The van der Waals surface area contributed by atoms with E-state index in [4.69, 9.17) is 0 Å². The molecule has 0 aliphatic rings. The number of carbonyl (C=O) groups excluding carboxylic acids is 1. The van der Waals surface area contributed by atoms with Gasteiger partial charge < -0.3 is 9.90 Å². The average Bonchev–Trinajstić information content (AvgIpc) is 2.05. The van der Waals surface area contributed by atoms with E-state index in [1.807, 2.05) is 6.07 Å². The molecule has 64 valence electrons. The highest BCUT2D eigenvalue weighted by molar-refractivity contribution is 5.76. The van der Waals surface area contributed by atoms with Crippen LogP contribution in [0.3, 0.4) is 0 Å². The third-order valence-electron chi connectivity index (χ3n) is 1.64. The number of hydrogen-bond donors (Lipinski definition) is 0. The Morgan fingerprint density at radius 1 is 1.42 bits per heavy atom. The van der Waals surface area contributed by atoms with Crippen LogP contribution in [0.4, 0.5) is 0 Å². The second-order valence-electron chi connectivity index (χ2n) is 2.81. The Hall–Kier alpha value is -1.15. The number of rotatable bonds is 3. The molecule has 1 rings (SSSR count). The zero-order valence-corrected chi connectivity index (χ0v) is 6.99. The standard InChI is InChI=1S/C10H11O2/c1-8(11)7-10(12)9-5-3-2-4-6-9/h2-6,10H,7H2,1H3/q-1. The molecule has 0 aromatic heterocycles. The van der Waals surface area contributed by atoms with Crippen LogP contribution in [0.15, 0.2) is 30.3 Å². The lowest BCUT2D eigenvalue weighted by atomic mass is 10.1. The van der Waals surface area contributed by atoms with Gasteiger partial charge in [-0.1, -0.05) is 42.0 Å². The third kappa shape index (κ3) is 2.47. The van der Waals surface area contributed by atoms with Crippen LogP contribution in [0.1, 0.15) is 25.0 Å². The molecule has 0 bridgehead atoms. The quantitative estimate of drug-likeness (QED) is 0.668. The molecule has 0 aliphatic carbocycles. The summed E-state index contributed by atoms with van der Waals surface area (Å²) in [5.74, 6) is -0.0566. The Balaban J connectivity index is 2.65. The van der Waals surface area contributed by atoms with E-state index in [2.05, 4.69) is 0 Å². The first-order valence-corrected chi connectivity index (χ1v) is 3.90. The Kier molecular flexibility index (Phi) is 3.00. The highest BCUT2D eigenvalue weighted by Gasteiger charge is 1.99. The molecule has 1 atom stereocenters. The maximum absolute atomic E-state index is 11.3. The van der Waals surface area contributed by atoms with E-state index in [0.717, 1.165) is 0 Å². The van der Waals surface area contributed by atoms with Gasteiger partial charge in [0.05, 0.1) is 0 Å². The summed E-state index contributed by atoms with van der Waals surface area (Å²) in [4.78, 5) is 10.6. The number of carbonyl (C=O) groups is 1. The summed E-state index contributed by atoms with van der Waals surface area (Å²) in [6.45, 7) is 1.44. The fraction of sp³-hybridized carbons (Fsp3) is 0.300. The Labute approximate surface area is 71.8 Å². The molecule has 0 saturated carbocycles. The van der Waals surface area contributed by atoms with Crippen molar-refractivity contribution >= 4 is 5.78 Å². The van der Waals surface area contributed by atoms with E-state index in [1.165, 1.54) is 6.92 Å². The lowest BCUT2D eigenvalue weighted by Crippen LogP contribution is -2.17. The summed E-state index contributed by atoms with van der Waals surface area (Å²) in [5, 5.41) is 11.3. The predicted octanol–water partition coefficient (Wildman–Crippen LogP) is 1.07. The van der Waals surface area contributed by atoms with Crippen molar-refractivity contribution in [3.05, 3.63) is 35.9 Å². The second-order valence-corrected chi connectivity index (χ2v) is 2.81. The van der Waals surface area contributed by atoms with E-state index in [1.54, 1.807) is 24.3 Å². The molecular formula is C10H11O2-. The second kappa shape index (κ2) is 4.02. The molecule has 0 saturated heterocycles. The van der Waals surface area contributed by atoms with Gasteiger partial charge in [0.1, 0.15) is 5.78 Å². The Morgan fingerprint density at radius 3 is 2.50 bits per heavy atom. The molecule has 0 aliphatic heterocycles. The van der Waals surface area contributed by atoms with Crippen molar-refractivity contribution in [2.45, 2.75) is 19.4 Å². The normalized spacial score (nSPS) is 12.5. The molecule has 1 aromatic rings. The lowest BCUT2D eigenvalue weighted by Gasteiger charge is -2.20. The fourth-order valence-corrected chi connectivity index (χ4v) is 1.05. The van der Waals surface area contributed by atoms with Crippen LogP contribution in [0.2, 0.25) is 0 Å². The highest BCUT2D eigenvalue weighted by atomic mass is 16.3. The first-order valence-electron chi connectivity index (χ1n) is 3.90. The first kappa shape index (κ1) is 8.94. The minimum absolute atomic E-state index is 0.0566. The van der Waals surface area contributed by atoms with Crippen molar-refractivity contribution in [2.75, 3.05) is 0 Å². The third-order valence-corrected chi connectivity index (χ3v) is 1.64. The van der Waals surface area contributed by atoms with E-state index in [0.29, 0.717) is 5.56 Å². The van der Waals surface area contributed by atoms with Gasteiger partial charge in [-0.15, -0.1) is 0 Å². The summed E-state index contributed by atoms with van der Waals surface area (Å²) >= 11 is 0. The van der Waals surface area contributed by atoms with Crippen LogP contribution in [-0.4, -0.2) is 5.78 Å². The summed E-state index contributed by atoms with van der Waals surface area (Å²) in [6, 6.07) is 8.96. The zero-order valence-electron chi connectivity index (χ0n) is 6.99. The largest absolute Gasteiger partial charge is 0.848 e. The maximum atomic E-state index is 11.3. The average molecular weight is 163 g/mol. The molecule has 2 nitrogen and oxygen atoms in total. The topological polar surface area (TPSA) is 40.1 Å². The van der Waals surface area contributed by atoms with Crippen molar-refractivity contribution in [2.24, 2.45) is 0 Å². The zero-order chi connectivity index (χ0) is 8.97. The molecule has 2 heteroatoms. The first-order chi connectivity index (χ1) is 5.70. The number of ketones is 1. The van der Waals surface area contributed by atoms with Crippen molar-refractivity contribution in [3.63, 3.8) is 0 Å². The van der Waals surface area contributed by atoms with Crippen molar-refractivity contribution < 1.29 is 9.90 Å².